The van der Waals surface area contributed by atoms with Crippen molar-refractivity contribution in [2.75, 3.05) is 30.4 Å². The Morgan fingerprint density at radius 2 is 1.62 bits per heavy atom. The van der Waals surface area contributed by atoms with Crippen LogP contribution in [0.15, 0.2) is 54.2 Å². The van der Waals surface area contributed by atoms with Crippen LogP contribution >= 0.6 is 0 Å². The molecule has 1 aliphatic heterocycles. The van der Waals surface area contributed by atoms with Gasteiger partial charge >= 0.3 is 0 Å². The number of amides is 3. The fourth-order valence-electron chi connectivity index (χ4n) is 3.59. The number of nitrogens with one attached hydrogen (secondary N) is 2. The first-order valence-corrected chi connectivity index (χ1v) is 11.4. The van der Waals surface area contributed by atoms with Crippen LogP contribution in [0, 0.1) is 0 Å². The van der Waals surface area contributed by atoms with Crippen LogP contribution in [0.2, 0.25) is 0 Å². The van der Waals surface area contributed by atoms with Gasteiger partial charge in [0, 0.05) is 38.1 Å². The van der Waals surface area contributed by atoms with E-state index in [0.29, 0.717) is 47.9 Å². The van der Waals surface area contributed by atoms with Gasteiger partial charge in [-0.1, -0.05) is 12.1 Å². The molecule has 2 aromatic rings. The van der Waals surface area contributed by atoms with Crippen LogP contribution in [0.5, 0.6) is 5.75 Å². The molecule has 0 unspecified atom stereocenters. The third-order valence-electron chi connectivity index (χ3n) is 5.03. The van der Waals surface area contributed by atoms with Gasteiger partial charge in [0.05, 0.1) is 11.7 Å². The summed E-state index contributed by atoms with van der Waals surface area (Å²) in [6.07, 6.45) is 0.580. The van der Waals surface area contributed by atoms with Crippen LogP contribution in [0.3, 0.4) is 0 Å². The third-order valence-corrected chi connectivity index (χ3v) is 5.03. The molecule has 3 amide bonds. The van der Waals surface area contributed by atoms with E-state index >= 15 is 0 Å². The number of nitrogens with zero attached hydrogens (tertiary/aromatic N) is 1. The Labute approximate surface area is 199 Å². The number of ether oxygens (including phenoxy) is 2. The molecule has 180 valence electrons. The van der Waals surface area contributed by atoms with Crippen LogP contribution in [0.4, 0.5) is 11.4 Å². The van der Waals surface area contributed by atoms with Crippen molar-refractivity contribution in [1.29, 1.82) is 0 Å². The van der Waals surface area contributed by atoms with E-state index in [0.717, 1.165) is 0 Å². The number of carbonyl (C=O) groups excluding carboxylic acids is 3. The molecule has 3 rings (SSSR count). The minimum atomic E-state index is -0.384. The van der Waals surface area contributed by atoms with Gasteiger partial charge in [0.25, 0.3) is 11.8 Å². The molecule has 0 atom stereocenters. The molecule has 0 aromatic heterocycles. The van der Waals surface area contributed by atoms with E-state index in [4.69, 9.17) is 9.47 Å². The van der Waals surface area contributed by atoms with Gasteiger partial charge in [-0.15, -0.1) is 0 Å². The highest BCUT2D eigenvalue weighted by Crippen LogP contribution is 2.32. The number of benzene rings is 2. The minimum Gasteiger partial charge on any atom is -0.491 e. The van der Waals surface area contributed by atoms with E-state index < -0.39 is 0 Å². The molecule has 1 aliphatic rings. The number of anilines is 2. The van der Waals surface area contributed by atoms with Gasteiger partial charge < -0.3 is 20.1 Å². The van der Waals surface area contributed by atoms with Gasteiger partial charge in [-0.05, 0) is 69.2 Å². The summed E-state index contributed by atoms with van der Waals surface area (Å²) in [6, 6.07) is 14.1. The molecule has 0 bridgehead atoms. The molecule has 0 aliphatic carbocycles. The Bertz CT molecular complexity index is 1060. The first-order chi connectivity index (χ1) is 16.3. The Hall–Kier alpha value is -3.65. The molecule has 0 fully saturated rings. The molecular formula is C26H31N3O5. The van der Waals surface area contributed by atoms with Crippen molar-refractivity contribution in [2.45, 2.75) is 40.2 Å². The van der Waals surface area contributed by atoms with Crippen LogP contribution in [0.1, 0.15) is 39.7 Å². The predicted octanol–water partition coefficient (Wildman–Crippen LogP) is 4.05. The van der Waals surface area contributed by atoms with Crippen molar-refractivity contribution in [1.82, 2.24) is 4.90 Å². The summed E-state index contributed by atoms with van der Waals surface area (Å²) in [6.45, 7) is 8.53. The molecule has 0 spiro atoms. The monoisotopic (exact) mass is 465 g/mol. The summed E-state index contributed by atoms with van der Waals surface area (Å²) < 4.78 is 11.1. The van der Waals surface area contributed by atoms with Gasteiger partial charge in [0.1, 0.15) is 11.4 Å². The zero-order valence-electron chi connectivity index (χ0n) is 20.0. The highest BCUT2D eigenvalue weighted by atomic mass is 16.5. The van der Waals surface area contributed by atoms with Crippen molar-refractivity contribution < 1.29 is 23.9 Å². The van der Waals surface area contributed by atoms with Gasteiger partial charge in [0.2, 0.25) is 5.91 Å². The van der Waals surface area contributed by atoms with Crippen LogP contribution < -0.4 is 15.4 Å². The molecule has 0 saturated heterocycles. The van der Waals surface area contributed by atoms with Gasteiger partial charge in [-0.25, -0.2) is 0 Å². The van der Waals surface area contributed by atoms with E-state index in [2.05, 4.69) is 10.6 Å². The number of imide groups is 1. The molecule has 0 saturated carbocycles. The largest absolute Gasteiger partial charge is 0.491 e. The van der Waals surface area contributed by atoms with Crippen molar-refractivity contribution in [3.8, 4) is 5.75 Å². The molecule has 2 aromatic carbocycles. The smallest absolute Gasteiger partial charge is 0.278 e. The second kappa shape index (κ2) is 11.5. The lowest BCUT2D eigenvalue weighted by Gasteiger charge is -2.15. The van der Waals surface area contributed by atoms with E-state index in [-0.39, 0.29) is 36.1 Å². The van der Waals surface area contributed by atoms with Crippen LogP contribution in [-0.2, 0) is 19.1 Å². The summed E-state index contributed by atoms with van der Waals surface area (Å²) in [5.74, 6) is -0.219. The van der Waals surface area contributed by atoms with Crippen LogP contribution in [0.25, 0.3) is 5.57 Å². The standard InChI is InChI=1S/C26H31N3O5/c1-5-33-16-6-15-29-25(31)23(19-7-13-22(14-8-19)34-17(2)3)24(26(29)32)28-21-11-9-20(10-12-21)27-18(4)30/h7-14,17,28H,5-6,15-16H2,1-4H3,(H,27,30). The average molecular weight is 466 g/mol. The van der Waals surface area contributed by atoms with Crippen LogP contribution in [-0.4, -0.2) is 48.5 Å². The van der Waals surface area contributed by atoms with E-state index in [9.17, 15) is 14.4 Å². The lowest BCUT2D eigenvalue weighted by Crippen LogP contribution is -2.34. The van der Waals surface area contributed by atoms with Crippen molar-refractivity contribution in [3.63, 3.8) is 0 Å². The predicted molar refractivity (Wildman–Crippen MR) is 131 cm³/mol. The number of carbonyl (C=O) groups is 3. The van der Waals surface area contributed by atoms with E-state index in [1.807, 2.05) is 20.8 Å². The van der Waals surface area contributed by atoms with Crippen molar-refractivity contribution in [3.05, 3.63) is 59.8 Å². The van der Waals surface area contributed by atoms with E-state index in [1.54, 1.807) is 48.5 Å². The Balaban J connectivity index is 1.90. The zero-order valence-corrected chi connectivity index (χ0v) is 20.0. The Kier molecular flexibility index (Phi) is 8.43. The molecule has 1 heterocycles. The normalized spacial score (nSPS) is 13.6. The topological polar surface area (TPSA) is 97.0 Å². The first kappa shape index (κ1) is 25.0. The lowest BCUT2D eigenvalue weighted by atomic mass is 10.0. The fourth-order valence-corrected chi connectivity index (χ4v) is 3.59. The molecule has 8 heteroatoms. The summed E-state index contributed by atoms with van der Waals surface area (Å²) in [5, 5.41) is 5.82. The average Bonchev–Trinajstić information content (AvgIpc) is 3.02. The lowest BCUT2D eigenvalue weighted by molar-refractivity contribution is -0.137. The number of rotatable bonds is 11. The maximum Gasteiger partial charge on any atom is 0.278 e. The van der Waals surface area contributed by atoms with E-state index in [1.165, 1.54) is 11.8 Å². The molecule has 34 heavy (non-hydrogen) atoms. The highest BCUT2D eigenvalue weighted by molar-refractivity contribution is 6.36. The van der Waals surface area contributed by atoms with Gasteiger partial charge in [-0.3, -0.25) is 19.3 Å². The van der Waals surface area contributed by atoms with Crippen molar-refractivity contribution >= 4 is 34.7 Å². The number of hydrogen-bond donors (Lipinski definition) is 2. The molecule has 2 N–H and O–H groups in total. The first-order valence-electron chi connectivity index (χ1n) is 11.4. The quantitative estimate of drug-likeness (QED) is 0.384. The number of hydrogen-bond acceptors (Lipinski definition) is 6. The second-order valence-electron chi connectivity index (χ2n) is 8.14. The third kappa shape index (κ3) is 6.23. The zero-order chi connectivity index (χ0) is 24.7. The summed E-state index contributed by atoms with van der Waals surface area (Å²) in [7, 11) is 0. The Morgan fingerprint density at radius 1 is 0.971 bits per heavy atom. The molecule has 8 nitrogen and oxygen atoms in total. The summed E-state index contributed by atoms with van der Waals surface area (Å²) in [4.78, 5) is 39.1. The highest BCUT2D eigenvalue weighted by Gasteiger charge is 2.38. The fraction of sp³-hybridized carbons (Fsp3) is 0.346. The second-order valence-corrected chi connectivity index (χ2v) is 8.14. The SMILES string of the molecule is CCOCCCN1C(=O)C(Nc2ccc(NC(C)=O)cc2)=C(c2ccc(OC(C)C)cc2)C1=O. The van der Waals surface area contributed by atoms with Gasteiger partial charge in [-0.2, -0.15) is 0 Å². The summed E-state index contributed by atoms with van der Waals surface area (Å²) >= 11 is 0. The summed E-state index contributed by atoms with van der Waals surface area (Å²) in [5.41, 5.74) is 2.41. The Morgan fingerprint density at radius 3 is 2.21 bits per heavy atom. The molecular weight excluding hydrogens is 434 g/mol. The maximum absolute atomic E-state index is 13.3. The van der Waals surface area contributed by atoms with Crippen molar-refractivity contribution in [2.24, 2.45) is 0 Å². The minimum absolute atomic E-state index is 0.0262. The molecule has 0 radical (unpaired) electrons. The van der Waals surface area contributed by atoms with Gasteiger partial charge in [0.15, 0.2) is 0 Å². The maximum atomic E-state index is 13.3.